The van der Waals surface area contributed by atoms with Gasteiger partial charge in [0.15, 0.2) is 0 Å². The third-order valence-corrected chi connectivity index (χ3v) is 4.21. The van der Waals surface area contributed by atoms with Gasteiger partial charge in [-0.1, -0.05) is 22.4 Å². The normalized spacial score (nSPS) is 23.8. The second kappa shape index (κ2) is 6.24. The lowest BCUT2D eigenvalue weighted by atomic mass is 10.1. The van der Waals surface area contributed by atoms with Crippen LogP contribution in [0.3, 0.4) is 0 Å². The van der Waals surface area contributed by atoms with Crippen LogP contribution in [0, 0.1) is 5.92 Å². The Balaban J connectivity index is 1.73. The SMILES string of the molecule is O=C(CCc1ccco1)NC1CCCC1CBr. The van der Waals surface area contributed by atoms with Crippen LogP contribution in [0.15, 0.2) is 22.8 Å². The van der Waals surface area contributed by atoms with Crippen LogP contribution in [-0.2, 0) is 11.2 Å². The summed E-state index contributed by atoms with van der Waals surface area (Å²) >= 11 is 3.51. The summed E-state index contributed by atoms with van der Waals surface area (Å²) in [7, 11) is 0. The Morgan fingerprint density at radius 1 is 1.53 bits per heavy atom. The molecule has 2 atom stereocenters. The summed E-state index contributed by atoms with van der Waals surface area (Å²) in [6.45, 7) is 0. The summed E-state index contributed by atoms with van der Waals surface area (Å²) in [5.41, 5.74) is 0. The lowest BCUT2D eigenvalue weighted by Crippen LogP contribution is -2.37. The predicted molar refractivity (Wildman–Crippen MR) is 70.1 cm³/mol. The molecule has 94 valence electrons. The van der Waals surface area contributed by atoms with E-state index in [1.165, 1.54) is 12.8 Å². The van der Waals surface area contributed by atoms with Gasteiger partial charge in [-0.3, -0.25) is 4.79 Å². The van der Waals surface area contributed by atoms with Crippen LogP contribution >= 0.6 is 15.9 Å². The molecule has 0 aliphatic heterocycles. The number of rotatable bonds is 5. The maximum atomic E-state index is 11.8. The molecule has 17 heavy (non-hydrogen) atoms. The van der Waals surface area contributed by atoms with Crippen LogP contribution in [-0.4, -0.2) is 17.3 Å². The number of nitrogens with one attached hydrogen (secondary N) is 1. The molecule has 0 radical (unpaired) electrons. The Hall–Kier alpha value is -0.770. The minimum Gasteiger partial charge on any atom is -0.469 e. The van der Waals surface area contributed by atoms with Crippen molar-refractivity contribution in [3.05, 3.63) is 24.2 Å². The molecule has 0 bridgehead atoms. The molecule has 0 saturated heterocycles. The van der Waals surface area contributed by atoms with E-state index in [2.05, 4.69) is 21.2 Å². The van der Waals surface area contributed by atoms with E-state index in [0.717, 1.165) is 17.5 Å². The van der Waals surface area contributed by atoms with E-state index in [9.17, 15) is 4.79 Å². The first-order chi connectivity index (χ1) is 8.29. The first-order valence-electron chi connectivity index (χ1n) is 6.17. The van der Waals surface area contributed by atoms with Crippen molar-refractivity contribution in [1.82, 2.24) is 5.32 Å². The molecule has 2 rings (SSSR count). The van der Waals surface area contributed by atoms with E-state index in [-0.39, 0.29) is 5.91 Å². The number of carbonyl (C=O) groups is 1. The third kappa shape index (κ3) is 3.60. The lowest BCUT2D eigenvalue weighted by Gasteiger charge is -2.18. The third-order valence-electron chi connectivity index (χ3n) is 3.38. The molecule has 2 unspecified atom stereocenters. The van der Waals surface area contributed by atoms with Gasteiger partial charge in [-0.2, -0.15) is 0 Å². The Kier molecular flexibility index (Phi) is 4.66. The van der Waals surface area contributed by atoms with Crippen molar-refractivity contribution in [2.45, 2.75) is 38.1 Å². The van der Waals surface area contributed by atoms with Gasteiger partial charge in [0.2, 0.25) is 5.91 Å². The van der Waals surface area contributed by atoms with Crippen LogP contribution in [0.5, 0.6) is 0 Å². The molecule has 0 aromatic carbocycles. The number of alkyl halides is 1. The average molecular weight is 300 g/mol. The number of hydrogen-bond donors (Lipinski definition) is 1. The number of amides is 1. The highest BCUT2D eigenvalue weighted by atomic mass is 79.9. The van der Waals surface area contributed by atoms with Crippen molar-refractivity contribution in [1.29, 1.82) is 0 Å². The van der Waals surface area contributed by atoms with Gasteiger partial charge < -0.3 is 9.73 Å². The molecule has 1 amide bonds. The molecule has 1 heterocycles. The number of halogens is 1. The maximum Gasteiger partial charge on any atom is 0.220 e. The molecule has 1 aromatic rings. The predicted octanol–water partition coefficient (Wildman–Crippen LogP) is 2.89. The van der Waals surface area contributed by atoms with Crippen molar-refractivity contribution < 1.29 is 9.21 Å². The second-order valence-corrected chi connectivity index (χ2v) is 5.25. The number of furan rings is 1. The first kappa shape index (κ1) is 12.7. The summed E-state index contributed by atoms with van der Waals surface area (Å²) in [6, 6.07) is 4.12. The summed E-state index contributed by atoms with van der Waals surface area (Å²) < 4.78 is 5.21. The van der Waals surface area contributed by atoms with Gasteiger partial charge in [-0.25, -0.2) is 0 Å². The van der Waals surface area contributed by atoms with Crippen molar-refractivity contribution >= 4 is 21.8 Å². The highest BCUT2D eigenvalue weighted by molar-refractivity contribution is 9.09. The Labute approximate surface area is 110 Å². The molecule has 4 heteroatoms. The van der Waals surface area contributed by atoms with Gasteiger partial charge in [-0.05, 0) is 30.9 Å². The average Bonchev–Trinajstić information content (AvgIpc) is 2.97. The summed E-state index contributed by atoms with van der Waals surface area (Å²) in [4.78, 5) is 11.8. The topological polar surface area (TPSA) is 42.2 Å². The van der Waals surface area contributed by atoms with Crippen molar-refractivity contribution in [3.8, 4) is 0 Å². The molecule has 3 nitrogen and oxygen atoms in total. The maximum absolute atomic E-state index is 11.8. The van der Waals surface area contributed by atoms with E-state index in [1.807, 2.05) is 12.1 Å². The van der Waals surface area contributed by atoms with Crippen LogP contribution in [0.25, 0.3) is 0 Å². The zero-order valence-electron chi connectivity index (χ0n) is 9.82. The fourth-order valence-corrected chi connectivity index (χ4v) is 3.16. The number of aryl methyl sites for hydroxylation is 1. The zero-order valence-corrected chi connectivity index (χ0v) is 11.4. The van der Waals surface area contributed by atoms with Gasteiger partial charge in [-0.15, -0.1) is 0 Å². The first-order valence-corrected chi connectivity index (χ1v) is 7.29. The fourth-order valence-electron chi connectivity index (χ4n) is 2.38. The molecule has 1 aromatic heterocycles. The molecule has 1 aliphatic carbocycles. The molecule has 0 spiro atoms. The van der Waals surface area contributed by atoms with Crippen molar-refractivity contribution in [2.24, 2.45) is 5.92 Å². The number of carbonyl (C=O) groups excluding carboxylic acids is 1. The smallest absolute Gasteiger partial charge is 0.220 e. The van der Waals surface area contributed by atoms with Crippen LogP contribution in [0.2, 0.25) is 0 Å². The van der Waals surface area contributed by atoms with Crippen molar-refractivity contribution in [3.63, 3.8) is 0 Å². The zero-order chi connectivity index (χ0) is 12.1. The fraction of sp³-hybridized carbons (Fsp3) is 0.615. The second-order valence-electron chi connectivity index (χ2n) is 4.60. The summed E-state index contributed by atoms with van der Waals surface area (Å²) in [5.74, 6) is 1.62. The van der Waals surface area contributed by atoms with Crippen LogP contribution in [0.1, 0.15) is 31.4 Å². The van der Waals surface area contributed by atoms with E-state index in [0.29, 0.717) is 24.8 Å². The van der Waals surface area contributed by atoms with E-state index in [1.54, 1.807) is 6.26 Å². The molecule has 1 aliphatic rings. The molecular weight excluding hydrogens is 282 g/mol. The highest BCUT2D eigenvalue weighted by Gasteiger charge is 2.27. The highest BCUT2D eigenvalue weighted by Crippen LogP contribution is 2.27. The monoisotopic (exact) mass is 299 g/mol. The molecular formula is C13H18BrNO2. The lowest BCUT2D eigenvalue weighted by molar-refractivity contribution is -0.122. The Morgan fingerprint density at radius 2 is 2.41 bits per heavy atom. The Morgan fingerprint density at radius 3 is 3.12 bits per heavy atom. The van der Waals surface area contributed by atoms with Crippen LogP contribution in [0.4, 0.5) is 0 Å². The van der Waals surface area contributed by atoms with Gasteiger partial charge >= 0.3 is 0 Å². The largest absolute Gasteiger partial charge is 0.469 e. The van der Waals surface area contributed by atoms with Crippen molar-refractivity contribution in [2.75, 3.05) is 5.33 Å². The van der Waals surface area contributed by atoms with E-state index >= 15 is 0 Å². The van der Waals surface area contributed by atoms with E-state index in [4.69, 9.17) is 4.42 Å². The van der Waals surface area contributed by atoms with Gasteiger partial charge in [0.05, 0.1) is 6.26 Å². The Bertz CT molecular complexity index is 350. The van der Waals surface area contributed by atoms with Gasteiger partial charge in [0, 0.05) is 24.2 Å². The van der Waals surface area contributed by atoms with Crippen LogP contribution < -0.4 is 5.32 Å². The minimum absolute atomic E-state index is 0.138. The quantitative estimate of drug-likeness (QED) is 0.850. The van der Waals surface area contributed by atoms with Gasteiger partial charge in [0.1, 0.15) is 5.76 Å². The molecule has 1 fully saturated rings. The minimum atomic E-state index is 0.138. The summed E-state index contributed by atoms with van der Waals surface area (Å²) in [6.07, 6.45) is 6.39. The van der Waals surface area contributed by atoms with Gasteiger partial charge in [0.25, 0.3) is 0 Å². The van der Waals surface area contributed by atoms with E-state index < -0.39 is 0 Å². The molecule has 1 N–H and O–H groups in total. The summed E-state index contributed by atoms with van der Waals surface area (Å²) in [5, 5.41) is 4.11. The standard InChI is InChI=1S/C13H18BrNO2/c14-9-10-3-1-5-12(10)15-13(16)7-6-11-4-2-8-17-11/h2,4,8,10,12H,1,3,5-7,9H2,(H,15,16). The molecule has 1 saturated carbocycles. The number of hydrogen-bond acceptors (Lipinski definition) is 2.